The van der Waals surface area contributed by atoms with Crippen LogP contribution in [0.25, 0.3) is 0 Å². The van der Waals surface area contributed by atoms with E-state index in [2.05, 4.69) is 10.6 Å². The number of sulfonamides is 1. The third-order valence-corrected chi connectivity index (χ3v) is 6.75. The quantitative estimate of drug-likeness (QED) is 0.750. The number of hydrogen-bond donors (Lipinski definition) is 2. The van der Waals surface area contributed by atoms with Crippen LogP contribution in [0.4, 0.5) is 0 Å². The smallest absolute Gasteiger partial charge is 0.243 e. The van der Waals surface area contributed by atoms with E-state index in [9.17, 15) is 13.2 Å². The van der Waals surface area contributed by atoms with Gasteiger partial charge in [-0.25, -0.2) is 8.42 Å². The number of morpholine rings is 1. The van der Waals surface area contributed by atoms with Crippen LogP contribution >= 0.6 is 0 Å². The van der Waals surface area contributed by atoms with E-state index in [0.29, 0.717) is 44.0 Å². The summed E-state index contributed by atoms with van der Waals surface area (Å²) in [5.41, 5.74) is 0.961. The Morgan fingerprint density at radius 3 is 2.62 bits per heavy atom. The summed E-state index contributed by atoms with van der Waals surface area (Å²) < 4.78 is 31.8. The zero-order chi connectivity index (χ0) is 18.4. The molecule has 2 saturated heterocycles. The number of piperidine rings is 1. The maximum Gasteiger partial charge on any atom is 0.243 e. The molecule has 3 rings (SSSR count). The monoisotopic (exact) mass is 381 g/mol. The number of rotatable bonds is 6. The van der Waals surface area contributed by atoms with Gasteiger partial charge in [-0.15, -0.1) is 0 Å². The van der Waals surface area contributed by atoms with E-state index in [4.69, 9.17) is 4.74 Å². The molecule has 2 fully saturated rings. The highest BCUT2D eigenvalue weighted by Crippen LogP contribution is 2.18. The Morgan fingerprint density at radius 2 is 1.96 bits per heavy atom. The third-order valence-electron chi connectivity index (χ3n) is 4.83. The van der Waals surface area contributed by atoms with Gasteiger partial charge in [-0.3, -0.25) is 4.79 Å². The molecule has 0 aliphatic carbocycles. The number of nitrogens with one attached hydrogen (secondary N) is 2. The molecular formula is C18H27N3O4S. The number of carbonyl (C=O) groups is 1. The molecule has 144 valence electrons. The molecular weight excluding hydrogens is 354 g/mol. The minimum atomic E-state index is -3.46. The Kier molecular flexibility index (Phi) is 6.63. The topological polar surface area (TPSA) is 87.7 Å². The molecule has 1 amide bonds. The first-order chi connectivity index (χ1) is 12.6. The Bertz CT molecular complexity index is 694. The summed E-state index contributed by atoms with van der Waals surface area (Å²) in [6.07, 6.45) is 3.12. The van der Waals surface area contributed by atoms with Gasteiger partial charge >= 0.3 is 0 Å². The Balaban J connectivity index is 1.51. The van der Waals surface area contributed by atoms with Gasteiger partial charge in [0.05, 0.1) is 18.1 Å². The lowest BCUT2D eigenvalue weighted by atomic mass is 10.1. The number of carbonyl (C=O) groups excluding carboxylic acids is 1. The number of amides is 1. The Morgan fingerprint density at radius 1 is 1.23 bits per heavy atom. The minimum Gasteiger partial charge on any atom is -0.379 e. The van der Waals surface area contributed by atoms with E-state index in [0.717, 1.165) is 31.5 Å². The molecule has 0 radical (unpaired) electrons. The standard InChI is InChI=1S/C18H27N3O4S/c22-18(20-16-2-1-9-19-14-16)8-5-15-3-6-17(7-4-15)26(23,24)21-10-12-25-13-11-21/h3-4,6-7,16,19H,1-2,5,8-14H2,(H,20,22)/t16-/m0/s1. The van der Waals surface area contributed by atoms with Crippen LogP contribution in [0.3, 0.4) is 0 Å². The molecule has 2 heterocycles. The Labute approximate surface area is 155 Å². The number of nitrogens with zero attached hydrogens (tertiary/aromatic N) is 1. The van der Waals surface area contributed by atoms with E-state index in [1.54, 1.807) is 24.3 Å². The summed E-state index contributed by atoms with van der Waals surface area (Å²) >= 11 is 0. The van der Waals surface area contributed by atoms with Crippen molar-refractivity contribution in [1.29, 1.82) is 0 Å². The molecule has 26 heavy (non-hydrogen) atoms. The van der Waals surface area contributed by atoms with Gasteiger partial charge in [-0.1, -0.05) is 12.1 Å². The van der Waals surface area contributed by atoms with Gasteiger partial charge in [0, 0.05) is 32.1 Å². The van der Waals surface area contributed by atoms with Crippen LogP contribution in [0, 0.1) is 0 Å². The van der Waals surface area contributed by atoms with Gasteiger partial charge in [-0.05, 0) is 43.5 Å². The van der Waals surface area contributed by atoms with E-state index in [1.807, 2.05) is 0 Å². The first-order valence-electron chi connectivity index (χ1n) is 9.22. The van der Waals surface area contributed by atoms with Gasteiger partial charge in [0.15, 0.2) is 0 Å². The average Bonchev–Trinajstić information content (AvgIpc) is 2.68. The molecule has 7 nitrogen and oxygen atoms in total. The summed E-state index contributed by atoms with van der Waals surface area (Å²) in [5, 5.41) is 6.33. The van der Waals surface area contributed by atoms with Crippen LogP contribution in [0.1, 0.15) is 24.8 Å². The molecule has 0 unspecified atom stereocenters. The fourth-order valence-corrected chi connectivity index (χ4v) is 4.70. The SMILES string of the molecule is O=C(CCc1ccc(S(=O)(=O)N2CCOCC2)cc1)N[C@H]1CCCNC1. The van der Waals surface area contributed by atoms with Crippen molar-refractivity contribution in [2.45, 2.75) is 36.6 Å². The molecule has 1 atom stereocenters. The van der Waals surface area contributed by atoms with E-state index < -0.39 is 10.0 Å². The van der Waals surface area contributed by atoms with Crippen molar-refractivity contribution >= 4 is 15.9 Å². The first-order valence-corrected chi connectivity index (χ1v) is 10.7. The van der Waals surface area contributed by atoms with Crippen LogP contribution in [0.2, 0.25) is 0 Å². The summed E-state index contributed by atoms with van der Waals surface area (Å²) in [6, 6.07) is 7.06. The van der Waals surface area contributed by atoms with E-state index >= 15 is 0 Å². The molecule has 8 heteroatoms. The van der Waals surface area contributed by atoms with Crippen LogP contribution in [-0.4, -0.2) is 64.1 Å². The minimum absolute atomic E-state index is 0.0451. The van der Waals surface area contributed by atoms with Crippen molar-refractivity contribution in [3.05, 3.63) is 29.8 Å². The van der Waals surface area contributed by atoms with Crippen LogP contribution in [0.5, 0.6) is 0 Å². The van der Waals surface area contributed by atoms with Crippen molar-refractivity contribution in [2.24, 2.45) is 0 Å². The van der Waals surface area contributed by atoms with Crippen molar-refractivity contribution in [1.82, 2.24) is 14.9 Å². The lowest BCUT2D eigenvalue weighted by Gasteiger charge is -2.26. The number of benzene rings is 1. The summed E-state index contributed by atoms with van der Waals surface area (Å²) in [7, 11) is -3.46. The predicted octanol–water partition coefficient (Wildman–Crippen LogP) is 0.508. The molecule has 2 aliphatic rings. The van der Waals surface area contributed by atoms with Crippen LogP contribution in [-0.2, 0) is 26.0 Å². The second kappa shape index (κ2) is 8.94. The summed E-state index contributed by atoms with van der Waals surface area (Å²) in [5.74, 6) is 0.0451. The van der Waals surface area contributed by atoms with Gasteiger partial charge in [-0.2, -0.15) is 4.31 Å². The number of aryl methyl sites for hydroxylation is 1. The van der Waals surface area contributed by atoms with Gasteiger partial charge in [0.2, 0.25) is 15.9 Å². The van der Waals surface area contributed by atoms with Gasteiger partial charge in [0.25, 0.3) is 0 Å². The second-order valence-corrected chi connectivity index (χ2v) is 8.71. The zero-order valence-corrected chi connectivity index (χ0v) is 15.8. The fraction of sp³-hybridized carbons (Fsp3) is 0.611. The Hall–Kier alpha value is -1.48. The molecule has 1 aromatic carbocycles. The third kappa shape index (κ3) is 5.03. The fourth-order valence-electron chi connectivity index (χ4n) is 3.30. The maximum atomic E-state index is 12.6. The molecule has 0 aromatic heterocycles. The largest absolute Gasteiger partial charge is 0.379 e. The molecule has 0 saturated carbocycles. The van der Waals surface area contributed by atoms with E-state index in [1.165, 1.54) is 4.31 Å². The predicted molar refractivity (Wildman–Crippen MR) is 98.4 cm³/mol. The summed E-state index contributed by atoms with van der Waals surface area (Å²) in [4.78, 5) is 12.4. The number of hydrogen-bond acceptors (Lipinski definition) is 5. The highest BCUT2D eigenvalue weighted by Gasteiger charge is 2.26. The molecule has 1 aromatic rings. The highest BCUT2D eigenvalue weighted by atomic mass is 32.2. The van der Waals surface area contributed by atoms with E-state index in [-0.39, 0.29) is 11.9 Å². The van der Waals surface area contributed by atoms with Gasteiger partial charge < -0.3 is 15.4 Å². The maximum absolute atomic E-state index is 12.6. The van der Waals surface area contributed by atoms with Crippen molar-refractivity contribution < 1.29 is 17.9 Å². The van der Waals surface area contributed by atoms with Crippen LogP contribution in [0.15, 0.2) is 29.2 Å². The molecule has 2 N–H and O–H groups in total. The van der Waals surface area contributed by atoms with Gasteiger partial charge in [0.1, 0.15) is 0 Å². The number of ether oxygens (including phenoxy) is 1. The molecule has 0 spiro atoms. The lowest BCUT2D eigenvalue weighted by molar-refractivity contribution is -0.121. The van der Waals surface area contributed by atoms with Crippen molar-refractivity contribution in [3.8, 4) is 0 Å². The molecule has 2 aliphatic heterocycles. The van der Waals surface area contributed by atoms with Crippen molar-refractivity contribution in [3.63, 3.8) is 0 Å². The second-order valence-electron chi connectivity index (χ2n) is 6.77. The van der Waals surface area contributed by atoms with Crippen molar-refractivity contribution in [2.75, 3.05) is 39.4 Å². The average molecular weight is 381 g/mol. The lowest BCUT2D eigenvalue weighted by Crippen LogP contribution is -2.45. The molecule has 0 bridgehead atoms. The highest BCUT2D eigenvalue weighted by molar-refractivity contribution is 7.89. The first kappa shape index (κ1) is 19.3. The summed E-state index contributed by atoms with van der Waals surface area (Å²) in [6.45, 7) is 3.50. The zero-order valence-electron chi connectivity index (χ0n) is 14.9. The normalized spacial score (nSPS) is 22.1. The van der Waals surface area contributed by atoms with Crippen LogP contribution < -0.4 is 10.6 Å².